The van der Waals surface area contributed by atoms with E-state index < -0.39 is 46.4 Å². The number of hydrogen-bond donors (Lipinski definition) is 3. The van der Waals surface area contributed by atoms with Gasteiger partial charge in [0, 0.05) is 37.3 Å². The summed E-state index contributed by atoms with van der Waals surface area (Å²) in [7, 11) is 0. The smallest absolute Gasteiger partial charge is 0.231 e. The Morgan fingerprint density at radius 3 is 2.42 bits per heavy atom. The molecule has 2 aromatic heterocycles. The summed E-state index contributed by atoms with van der Waals surface area (Å²) in [6.07, 6.45) is 2.55. The molecular weight excluding hydrogens is 409 g/mol. The highest BCUT2D eigenvalue weighted by Gasteiger charge is 2.49. The maximum atomic E-state index is 15.3. The molecule has 0 bridgehead atoms. The normalized spacial score (nSPS) is 24.6. The second-order valence-corrected chi connectivity index (χ2v) is 8.32. The molecule has 1 aliphatic heterocycles. The molecule has 1 saturated heterocycles. The lowest BCUT2D eigenvalue weighted by Gasteiger charge is -2.48. The van der Waals surface area contributed by atoms with E-state index in [4.69, 9.17) is 5.73 Å². The molecule has 0 saturated carbocycles. The summed E-state index contributed by atoms with van der Waals surface area (Å²) in [4.78, 5) is 19.7. The van der Waals surface area contributed by atoms with Crippen molar-refractivity contribution in [2.45, 2.75) is 19.4 Å². The first-order valence-electron chi connectivity index (χ1n) is 9.97. The fraction of sp³-hybridized carbons (Fsp3) is 0.364. The summed E-state index contributed by atoms with van der Waals surface area (Å²) in [5.41, 5.74) is 3.75. The van der Waals surface area contributed by atoms with Crippen LogP contribution < -0.4 is 5.73 Å². The Bertz CT molecular complexity index is 1130. The van der Waals surface area contributed by atoms with E-state index in [1.807, 2.05) is 0 Å². The first kappa shape index (κ1) is 21.3. The molecule has 1 fully saturated rings. The fourth-order valence-corrected chi connectivity index (χ4v) is 4.82. The lowest BCUT2D eigenvalue weighted by Crippen LogP contribution is -2.56. The summed E-state index contributed by atoms with van der Waals surface area (Å²) >= 11 is 0. The van der Waals surface area contributed by atoms with Gasteiger partial charge in [-0.2, -0.15) is 0 Å². The Labute approximate surface area is 176 Å². The lowest BCUT2D eigenvalue weighted by atomic mass is 9.70. The van der Waals surface area contributed by atoms with Gasteiger partial charge in [0.05, 0.1) is 17.5 Å². The highest BCUT2D eigenvalue weighted by molar-refractivity contribution is 5.93. The molecule has 1 aliphatic rings. The minimum absolute atomic E-state index is 0.00886. The van der Waals surface area contributed by atoms with Crippen LogP contribution in [0.15, 0.2) is 30.6 Å². The molecule has 3 heterocycles. The third-order valence-electron chi connectivity index (χ3n) is 6.23. The van der Waals surface area contributed by atoms with Gasteiger partial charge in [0.2, 0.25) is 5.91 Å². The molecule has 9 heteroatoms. The molecule has 6 nitrogen and oxygen atoms in total. The number of carbonyl (C=O) groups is 1. The van der Waals surface area contributed by atoms with E-state index >= 15 is 8.78 Å². The van der Waals surface area contributed by atoms with Crippen molar-refractivity contribution in [3.63, 3.8) is 0 Å². The number of H-pyrrole nitrogens is 1. The molecule has 31 heavy (non-hydrogen) atoms. The number of hydrogen-bond acceptors (Lipinski definition) is 4. The molecule has 4 rings (SSSR count). The average Bonchev–Trinajstić information content (AvgIpc) is 3.06. The van der Waals surface area contributed by atoms with Crippen molar-refractivity contribution in [2.24, 2.45) is 17.6 Å². The Hall–Kier alpha value is -2.91. The SMILES string of the molecule is CC1CN(CC(N)=O)CC(C)C1(O)c1c(F)cc(-c2ccnc3[nH]cc(F)c23)cc1F. The maximum absolute atomic E-state index is 15.3. The van der Waals surface area contributed by atoms with Gasteiger partial charge in [0.25, 0.3) is 0 Å². The van der Waals surface area contributed by atoms with Crippen molar-refractivity contribution in [2.75, 3.05) is 19.6 Å². The van der Waals surface area contributed by atoms with Crippen LogP contribution in [0.4, 0.5) is 13.2 Å². The number of aliphatic hydroxyl groups is 1. The van der Waals surface area contributed by atoms with Gasteiger partial charge in [-0.05, 0) is 29.3 Å². The molecule has 4 N–H and O–H groups in total. The van der Waals surface area contributed by atoms with Crippen LogP contribution in [0, 0.1) is 29.3 Å². The summed E-state index contributed by atoms with van der Waals surface area (Å²) in [5.74, 6) is -4.06. The quantitative estimate of drug-likeness (QED) is 0.591. The Morgan fingerprint density at radius 1 is 1.23 bits per heavy atom. The second-order valence-electron chi connectivity index (χ2n) is 8.32. The van der Waals surface area contributed by atoms with Gasteiger partial charge in [-0.3, -0.25) is 9.69 Å². The number of piperidine rings is 1. The third-order valence-corrected chi connectivity index (χ3v) is 6.23. The van der Waals surface area contributed by atoms with E-state index in [9.17, 15) is 14.3 Å². The lowest BCUT2D eigenvalue weighted by molar-refractivity contribution is -0.130. The van der Waals surface area contributed by atoms with Crippen LogP contribution in [0.3, 0.4) is 0 Å². The number of nitrogens with one attached hydrogen (secondary N) is 1. The highest BCUT2D eigenvalue weighted by atomic mass is 19.1. The summed E-state index contributed by atoms with van der Waals surface area (Å²) in [6, 6.07) is 3.69. The highest BCUT2D eigenvalue weighted by Crippen LogP contribution is 2.44. The van der Waals surface area contributed by atoms with Crippen molar-refractivity contribution >= 4 is 16.9 Å². The predicted molar refractivity (Wildman–Crippen MR) is 109 cm³/mol. The first-order chi connectivity index (χ1) is 14.6. The Kier molecular flexibility index (Phi) is 5.26. The number of nitrogens with two attached hydrogens (primary N) is 1. The largest absolute Gasteiger partial charge is 0.384 e. The molecule has 164 valence electrons. The number of pyridine rings is 1. The van der Waals surface area contributed by atoms with Gasteiger partial charge in [-0.1, -0.05) is 13.8 Å². The van der Waals surface area contributed by atoms with Crippen LogP contribution in [0.5, 0.6) is 0 Å². The van der Waals surface area contributed by atoms with E-state index in [2.05, 4.69) is 9.97 Å². The van der Waals surface area contributed by atoms with Crippen molar-refractivity contribution in [1.82, 2.24) is 14.9 Å². The zero-order chi connectivity index (χ0) is 22.5. The molecule has 1 aromatic carbocycles. The zero-order valence-corrected chi connectivity index (χ0v) is 17.1. The molecule has 0 spiro atoms. The Morgan fingerprint density at radius 2 is 1.84 bits per heavy atom. The topological polar surface area (TPSA) is 95.2 Å². The van der Waals surface area contributed by atoms with Gasteiger partial charge in [-0.15, -0.1) is 0 Å². The number of benzene rings is 1. The minimum Gasteiger partial charge on any atom is -0.384 e. The summed E-state index contributed by atoms with van der Waals surface area (Å²) in [5, 5.41) is 11.6. The minimum atomic E-state index is -1.78. The molecular formula is C22H23F3N4O2. The number of carbonyl (C=O) groups excluding carboxylic acids is 1. The van der Waals surface area contributed by atoms with Crippen molar-refractivity contribution in [3.8, 4) is 11.1 Å². The van der Waals surface area contributed by atoms with Crippen LogP contribution in [-0.2, 0) is 10.4 Å². The fourth-order valence-electron chi connectivity index (χ4n) is 4.82. The van der Waals surface area contributed by atoms with Gasteiger partial charge in [0.15, 0.2) is 5.82 Å². The van der Waals surface area contributed by atoms with Crippen LogP contribution in [0.1, 0.15) is 19.4 Å². The van der Waals surface area contributed by atoms with E-state index in [1.165, 1.54) is 12.3 Å². The van der Waals surface area contributed by atoms with E-state index in [0.29, 0.717) is 0 Å². The number of nitrogens with zero attached hydrogens (tertiary/aromatic N) is 2. The maximum Gasteiger partial charge on any atom is 0.231 e. The number of amides is 1. The number of aromatic amines is 1. The number of likely N-dealkylation sites (tertiary alicyclic amines) is 1. The van der Waals surface area contributed by atoms with Crippen LogP contribution in [0.2, 0.25) is 0 Å². The van der Waals surface area contributed by atoms with E-state index in [0.717, 1.165) is 18.3 Å². The molecule has 1 amide bonds. The number of fused-ring (bicyclic) bond motifs is 1. The standard InChI is InChI=1S/C22H23F3N4O2/c1-11-8-29(10-18(26)30)9-12(2)22(11,31)20-15(23)5-13(6-16(20)24)14-3-4-27-21-19(14)17(25)7-28-21/h3-7,11-12,31H,8-10H2,1-2H3,(H2,26,30)(H,27,28). The molecule has 2 unspecified atom stereocenters. The number of rotatable bonds is 4. The van der Waals surface area contributed by atoms with Crippen molar-refractivity contribution < 1.29 is 23.1 Å². The van der Waals surface area contributed by atoms with Gasteiger partial charge in [-0.25, -0.2) is 18.2 Å². The van der Waals surface area contributed by atoms with E-state index in [-0.39, 0.29) is 41.8 Å². The number of aromatic nitrogens is 2. The summed E-state index contributed by atoms with van der Waals surface area (Å²) < 4.78 is 44.8. The van der Waals surface area contributed by atoms with Crippen LogP contribution in [-0.4, -0.2) is 45.5 Å². The van der Waals surface area contributed by atoms with Crippen molar-refractivity contribution in [1.29, 1.82) is 0 Å². The predicted octanol–water partition coefficient (Wildman–Crippen LogP) is 2.91. The first-order valence-corrected chi connectivity index (χ1v) is 9.97. The number of halogens is 3. The molecule has 0 radical (unpaired) electrons. The second kappa shape index (κ2) is 7.65. The summed E-state index contributed by atoms with van der Waals surface area (Å²) in [6.45, 7) is 3.87. The molecule has 3 aromatic rings. The monoisotopic (exact) mass is 432 g/mol. The molecule has 2 atom stereocenters. The van der Waals surface area contributed by atoms with Gasteiger partial charge >= 0.3 is 0 Å². The average molecular weight is 432 g/mol. The number of primary amides is 1. The van der Waals surface area contributed by atoms with Crippen LogP contribution >= 0.6 is 0 Å². The van der Waals surface area contributed by atoms with Crippen LogP contribution in [0.25, 0.3) is 22.2 Å². The van der Waals surface area contributed by atoms with E-state index in [1.54, 1.807) is 18.7 Å². The van der Waals surface area contributed by atoms with Gasteiger partial charge < -0.3 is 15.8 Å². The zero-order valence-electron chi connectivity index (χ0n) is 17.1. The Balaban J connectivity index is 1.77. The third kappa shape index (κ3) is 3.47. The van der Waals surface area contributed by atoms with Gasteiger partial charge in [0.1, 0.15) is 22.9 Å². The van der Waals surface area contributed by atoms with Crippen molar-refractivity contribution in [3.05, 3.63) is 53.6 Å². The molecule has 0 aliphatic carbocycles.